The Labute approximate surface area is 126 Å². The maximum Gasteiger partial charge on any atom is 0.337 e. The Morgan fingerprint density at radius 1 is 1.14 bits per heavy atom. The number of rotatable bonds is 7. The maximum atomic E-state index is 11.8. The fourth-order valence-corrected chi connectivity index (χ4v) is 1.98. The van der Waals surface area contributed by atoms with Crippen LogP contribution in [0.15, 0.2) is 48.2 Å². The van der Waals surface area contributed by atoms with Crippen molar-refractivity contribution in [3.8, 4) is 0 Å². The number of benzene rings is 1. The van der Waals surface area contributed by atoms with Gasteiger partial charge in [0.25, 0.3) is 0 Å². The van der Waals surface area contributed by atoms with Crippen molar-refractivity contribution in [2.45, 2.75) is 13.0 Å². The zero-order valence-electron chi connectivity index (χ0n) is 12.9. The molecule has 114 valence electrons. The molecule has 0 amide bonds. The zero-order valence-corrected chi connectivity index (χ0v) is 12.9. The van der Waals surface area contributed by atoms with Crippen molar-refractivity contribution in [1.29, 1.82) is 0 Å². The van der Waals surface area contributed by atoms with E-state index in [1.54, 1.807) is 7.11 Å². The predicted octanol–water partition coefficient (Wildman–Crippen LogP) is 3.05. The molecule has 0 aromatic heterocycles. The van der Waals surface area contributed by atoms with Crippen molar-refractivity contribution in [3.63, 3.8) is 0 Å². The number of carbonyl (C=O) groups excluding carboxylic acids is 1. The molecule has 1 aromatic carbocycles. The van der Waals surface area contributed by atoms with Gasteiger partial charge in [0.15, 0.2) is 0 Å². The smallest absolute Gasteiger partial charge is 0.337 e. The van der Waals surface area contributed by atoms with Crippen LogP contribution in [0.5, 0.6) is 0 Å². The SMILES string of the molecule is CO/C=C(\C(=O)OC)C(C)C(/C=C\c1ccccc1)OC. The van der Waals surface area contributed by atoms with Gasteiger partial charge in [-0.05, 0) is 5.56 Å². The minimum absolute atomic E-state index is 0.192. The largest absolute Gasteiger partial charge is 0.504 e. The highest BCUT2D eigenvalue weighted by Gasteiger charge is 2.24. The molecule has 0 radical (unpaired) electrons. The third-order valence-corrected chi connectivity index (χ3v) is 3.20. The third-order valence-electron chi connectivity index (χ3n) is 3.20. The van der Waals surface area contributed by atoms with E-state index in [2.05, 4.69) is 0 Å². The molecule has 0 aliphatic heterocycles. The molecule has 2 atom stereocenters. The van der Waals surface area contributed by atoms with Crippen LogP contribution in [0.1, 0.15) is 12.5 Å². The molecule has 4 heteroatoms. The van der Waals surface area contributed by atoms with E-state index in [9.17, 15) is 4.79 Å². The van der Waals surface area contributed by atoms with Gasteiger partial charge >= 0.3 is 5.97 Å². The number of hydrogen-bond acceptors (Lipinski definition) is 4. The fourth-order valence-electron chi connectivity index (χ4n) is 1.98. The second-order valence-corrected chi connectivity index (χ2v) is 4.56. The highest BCUT2D eigenvalue weighted by atomic mass is 16.5. The van der Waals surface area contributed by atoms with Crippen LogP contribution in [-0.4, -0.2) is 33.4 Å². The molecule has 0 N–H and O–H groups in total. The van der Waals surface area contributed by atoms with E-state index in [-0.39, 0.29) is 12.0 Å². The van der Waals surface area contributed by atoms with Crippen LogP contribution in [0.2, 0.25) is 0 Å². The zero-order chi connectivity index (χ0) is 15.7. The molecule has 0 aliphatic rings. The average molecular weight is 290 g/mol. The summed E-state index contributed by atoms with van der Waals surface area (Å²) < 4.78 is 15.2. The Morgan fingerprint density at radius 2 is 1.81 bits per heavy atom. The van der Waals surface area contributed by atoms with Gasteiger partial charge < -0.3 is 14.2 Å². The normalized spacial score (nSPS) is 14.8. The van der Waals surface area contributed by atoms with Gasteiger partial charge in [-0.3, -0.25) is 0 Å². The highest BCUT2D eigenvalue weighted by Crippen LogP contribution is 2.20. The van der Waals surface area contributed by atoms with E-state index in [0.29, 0.717) is 5.57 Å². The van der Waals surface area contributed by atoms with E-state index >= 15 is 0 Å². The van der Waals surface area contributed by atoms with E-state index in [1.165, 1.54) is 20.5 Å². The van der Waals surface area contributed by atoms with Crippen molar-refractivity contribution in [3.05, 3.63) is 53.8 Å². The van der Waals surface area contributed by atoms with Gasteiger partial charge in [0.1, 0.15) is 0 Å². The maximum absolute atomic E-state index is 11.8. The summed E-state index contributed by atoms with van der Waals surface area (Å²) in [6, 6.07) is 9.90. The lowest BCUT2D eigenvalue weighted by atomic mass is 9.95. The molecule has 0 spiro atoms. The van der Waals surface area contributed by atoms with Crippen molar-refractivity contribution < 1.29 is 19.0 Å². The molecule has 1 aromatic rings. The summed E-state index contributed by atoms with van der Waals surface area (Å²) >= 11 is 0. The van der Waals surface area contributed by atoms with Crippen LogP contribution in [0, 0.1) is 5.92 Å². The molecular formula is C17H22O4. The van der Waals surface area contributed by atoms with Crippen LogP contribution in [-0.2, 0) is 19.0 Å². The molecule has 0 aliphatic carbocycles. The van der Waals surface area contributed by atoms with Crippen molar-refractivity contribution >= 4 is 12.0 Å². The van der Waals surface area contributed by atoms with E-state index < -0.39 is 5.97 Å². The summed E-state index contributed by atoms with van der Waals surface area (Å²) in [6.07, 6.45) is 5.03. The van der Waals surface area contributed by atoms with Crippen molar-refractivity contribution in [1.82, 2.24) is 0 Å². The average Bonchev–Trinajstić information content (AvgIpc) is 2.53. The first-order valence-corrected chi connectivity index (χ1v) is 6.71. The highest BCUT2D eigenvalue weighted by molar-refractivity contribution is 5.88. The molecule has 21 heavy (non-hydrogen) atoms. The Bertz CT molecular complexity index is 491. The van der Waals surface area contributed by atoms with Gasteiger partial charge in [-0.15, -0.1) is 0 Å². The van der Waals surface area contributed by atoms with Crippen LogP contribution in [0.25, 0.3) is 6.08 Å². The molecule has 4 nitrogen and oxygen atoms in total. The van der Waals surface area contributed by atoms with Crippen LogP contribution in [0.4, 0.5) is 0 Å². The lowest BCUT2D eigenvalue weighted by Gasteiger charge is -2.20. The van der Waals surface area contributed by atoms with E-state index in [0.717, 1.165) is 5.56 Å². The quantitative estimate of drug-likeness (QED) is 0.440. The summed E-state index contributed by atoms with van der Waals surface area (Å²) in [4.78, 5) is 11.8. The monoisotopic (exact) mass is 290 g/mol. The lowest BCUT2D eigenvalue weighted by molar-refractivity contribution is -0.137. The standard InChI is InChI=1S/C17H22O4/c1-13(15(12-19-2)17(18)21-4)16(20-3)11-10-14-8-6-5-7-9-14/h5-13,16H,1-4H3/b11-10-,15-12-. The van der Waals surface area contributed by atoms with Gasteiger partial charge in [0.2, 0.25) is 0 Å². The number of methoxy groups -OCH3 is 3. The molecule has 0 fully saturated rings. The lowest BCUT2D eigenvalue weighted by Crippen LogP contribution is -2.24. The number of esters is 1. The van der Waals surface area contributed by atoms with Gasteiger partial charge in [-0.2, -0.15) is 0 Å². The first-order chi connectivity index (χ1) is 10.1. The topological polar surface area (TPSA) is 44.8 Å². The first kappa shape index (κ1) is 17.0. The molecule has 0 heterocycles. The molecule has 0 saturated heterocycles. The van der Waals surface area contributed by atoms with Gasteiger partial charge in [-0.25, -0.2) is 4.79 Å². The molecule has 2 unspecified atom stereocenters. The summed E-state index contributed by atoms with van der Waals surface area (Å²) in [5, 5.41) is 0. The Morgan fingerprint density at radius 3 is 2.33 bits per heavy atom. The molecule has 0 bridgehead atoms. The van der Waals surface area contributed by atoms with Crippen LogP contribution < -0.4 is 0 Å². The Kier molecular flexibility index (Phi) is 7.26. The van der Waals surface area contributed by atoms with E-state index in [1.807, 2.05) is 49.4 Å². The molecule has 1 rings (SSSR count). The second kappa shape index (κ2) is 8.97. The molecule has 0 saturated carbocycles. The van der Waals surface area contributed by atoms with Gasteiger partial charge in [0, 0.05) is 13.0 Å². The number of carbonyl (C=O) groups is 1. The summed E-state index contributed by atoms with van der Waals surface area (Å²) in [5.74, 6) is -0.609. The number of ether oxygens (including phenoxy) is 3. The second-order valence-electron chi connectivity index (χ2n) is 4.56. The summed E-state index contributed by atoms with van der Waals surface area (Å²) in [5.41, 5.74) is 1.51. The van der Waals surface area contributed by atoms with Gasteiger partial charge in [0.05, 0.1) is 32.2 Å². The minimum Gasteiger partial charge on any atom is -0.504 e. The summed E-state index contributed by atoms with van der Waals surface area (Å²) in [7, 11) is 4.45. The molecular weight excluding hydrogens is 268 g/mol. The van der Waals surface area contributed by atoms with Crippen LogP contribution in [0.3, 0.4) is 0 Å². The van der Waals surface area contributed by atoms with Gasteiger partial charge in [-0.1, -0.05) is 49.4 Å². The fraction of sp³-hybridized carbons (Fsp3) is 0.353. The minimum atomic E-state index is -0.417. The first-order valence-electron chi connectivity index (χ1n) is 6.71. The predicted molar refractivity (Wildman–Crippen MR) is 82.5 cm³/mol. The Balaban J connectivity index is 2.89. The third kappa shape index (κ3) is 5.08. The van der Waals surface area contributed by atoms with E-state index in [4.69, 9.17) is 14.2 Å². The van der Waals surface area contributed by atoms with Crippen LogP contribution >= 0.6 is 0 Å². The van der Waals surface area contributed by atoms with Crippen molar-refractivity contribution in [2.24, 2.45) is 5.92 Å². The Hall–Kier alpha value is -2.07. The summed E-state index contributed by atoms with van der Waals surface area (Å²) in [6.45, 7) is 1.89. The number of hydrogen-bond donors (Lipinski definition) is 0. The van der Waals surface area contributed by atoms with Crippen molar-refractivity contribution in [2.75, 3.05) is 21.3 Å².